The highest BCUT2D eigenvalue weighted by Crippen LogP contribution is 2.03. The largest absolute Gasteiger partial charge is 0.366 e. The Morgan fingerprint density at radius 2 is 1.88 bits per heavy atom. The molecule has 3 N–H and O–H groups in total. The van der Waals surface area contributed by atoms with Gasteiger partial charge in [-0.05, 0) is 24.6 Å². The highest BCUT2D eigenvalue weighted by molar-refractivity contribution is 5.93. The molecule has 0 aromatic heterocycles. The number of primary amides is 1. The molecular weight excluding hydrogens is 204 g/mol. The number of carbonyl (C=O) groups is 2. The second-order valence-electron chi connectivity index (χ2n) is 3.52. The maximum Gasteiger partial charge on any atom is 0.248 e. The summed E-state index contributed by atoms with van der Waals surface area (Å²) in [5.41, 5.74) is 6.93. The minimum Gasteiger partial charge on any atom is -0.366 e. The van der Waals surface area contributed by atoms with Crippen LogP contribution in [-0.4, -0.2) is 11.8 Å². The minimum atomic E-state index is -0.461. The first-order valence-corrected chi connectivity index (χ1v) is 4.83. The molecule has 0 fully saturated rings. The van der Waals surface area contributed by atoms with E-state index in [4.69, 9.17) is 5.73 Å². The third kappa shape index (κ3) is 3.24. The van der Waals surface area contributed by atoms with Crippen molar-refractivity contribution in [1.82, 2.24) is 5.32 Å². The van der Waals surface area contributed by atoms with Crippen LogP contribution in [0.1, 0.15) is 22.8 Å². The van der Waals surface area contributed by atoms with Gasteiger partial charge in [-0.1, -0.05) is 18.7 Å². The number of benzene rings is 1. The summed E-state index contributed by atoms with van der Waals surface area (Å²) in [6.45, 7) is 5.58. The van der Waals surface area contributed by atoms with Gasteiger partial charge in [-0.2, -0.15) is 0 Å². The van der Waals surface area contributed by atoms with Gasteiger partial charge in [0.05, 0.1) is 0 Å². The average Bonchev–Trinajstić information content (AvgIpc) is 2.26. The molecule has 84 valence electrons. The Bertz CT molecular complexity index is 421. The highest BCUT2D eigenvalue weighted by atomic mass is 16.2. The SMILES string of the molecule is C=C(C)C(=O)NCc1ccc(C(N)=O)cc1. The number of amides is 2. The molecule has 0 radical (unpaired) electrons. The molecule has 0 spiro atoms. The van der Waals surface area contributed by atoms with Gasteiger partial charge in [0, 0.05) is 17.7 Å². The van der Waals surface area contributed by atoms with Crippen LogP contribution in [0, 0.1) is 0 Å². The molecule has 1 aromatic rings. The second-order valence-corrected chi connectivity index (χ2v) is 3.52. The molecule has 0 atom stereocenters. The maximum absolute atomic E-state index is 11.2. The van der Waals surface area contributed by atoms with Gasteiger partial charge in [0.25, 0.3) is 0 Å². The molecule has 0 unspecified atom stereocenters. The van der Waals surface area contributed by atoms with Crippen LogP contribution < -0.4 is 11.1 Å². The van der Waals surface area contributed by atoms with Gasteiger partial charge in [-0.3, -0.25) is 9.59 Å². The van der Waals surface area contributed by atoms with Crippen molar-refractivity contribution in [2.24, 2.45) is 5.73 Å². The lowest BCUT2D eigenvalue weighted by Crippen LogP contribution is -2.23. The van der Waals surface area contributed by atoms with Crippen LogP contribution in [0.5, 0.6) is 0 Å². The average molecular weight is 218 g/mol. The summed E-state index contributed by atoms with van der Waals surface area (Å²) in [5.74, 6) is -0.642. The monoisotopic (exact) mass is 218 g/mol. The summed E-state index contributed by atoms with van der Waals surface area (Å²) >= 11 is 0. The predicted octanol–water partition coefficient (Wildman–Crippen LogP) is 0.978. The van der Waals surface area contributed by atoms with E-state index in [-0.39, 0.29) is 5.91 Å². The number of nitrogens with one attached hydrogen (secondary N) is 1. The summed E-state index contributed by atoms with van der Waals surface area (Å²) in [7, 11) is 0. The molecule has 0 aliphatic carbocycles. The van der Waals surface area contributed by atoms with E-state index < -0.39 is 5.91 Å². The van der Waals surface area contributed by atoms with E-state index in [9.17, 15) is 9.59 Å². The van der Waals surface area contributed by atoms with Gasteiger partial charge in [0.2, 0.25) is 11.8 Å². The lowest BCUT2D eigenvalue weighted by Gasteiger charge is -2.05. The lowest BCUT2D eigenvalue weighted by molar-refractivity contribution is -0.117. The first-order valence-electron chi connectivity index (χ1n) is 4.83. The highest BCUT2D eigenvalue weighted by Gasteiger charge is 2.02. The zero-order chi connectivity index (χ0) is 12.1. The van der Waals surface area contributed by atoms with Crippen molar-refractivity contribution < 1.29 is 9.59 Å². The van der Waals surface area contributed by atoms with Crippen molar-refractivity contribution >= 4 is 11.8 Å². The lowest BCUT2D eigenvalue weighted by atomic mass is 10.1. The van der Waals surface area contributed by atoms with E-state index in [1.807, 2.05) is 0 Å². The van der Waals surface area contributed by atoms with Crippen LogP contribution in [0.4, 0.5) is 0 Å². The number of hydrogen-bond acceptors (Lipinski definition) is 2. The Hall–Kier alpha value is -2.10. The van der Waals surface area contributed by atoms with Gasteiger partial charge in [-0.15, -0.1) is 0 Å². The van der Waals surface area contributed by atoms with Crippen molar-refractivity contribution in [1.29, 1.82) is 0 Å². The van der Waals surface area contributed by atoms with Crippen molar-refractivity contribution in [3.8, 4) is 0 Å². The Kier molecular flexibility index (Phi) is 3.83. The molecule has 4 nitrogen and oxygen atoms in total. The summed E-state index contributed by atoms with van der Waals surface area (Å²) in [4.78, 5) is 22.0. The van der Waals surface area contributed by atoms with E-state index >= 15 is 0 Å². The van der Waals surface area contributed by atoms with Crippen molar-refractivity contribution in [2.75, 3.05) is 0 Å². The van der Waals surface area contributed by atoms with Gasteiger partial charge in [0.1, 0.15) is 0 Å². The van der Waals surface area contributed by atoms with Crippen LogP contribution in [0.15, 0.2) is 36.4 Å². The first-order chi connectivity index (χ1) is 7.50. The maximum atomic E-state index is 11.2. The number of nitrogens with two attached hydrogens (primary N) is 1. The fourth-order valence-electron chi connectivity index (χ4n) is 1.12. The third-order valence-electron chi connectivity index (χ3n) is 2.08. The molecule has 0 saturated heterocycles. The van der Waals surface area contributed by atoms with Gasteiger partial charge in [-0.25, -0.2) is 0 Å². The van der Waals surface area contributed by atoms with E-state index in [0.717, 1.165) is 5.56 Å². The van der Waals surface area contributed by atoms with Crippen molar-refractivity contribution in [3.63, 3.8) is 0 Å². The van der Waals surface area contributed by atoms with Gasteiger partial charge < -0.3 is 11.1 Å². The molecule has 2 amide bonds. The van der Waals surface area contributed by atoms with E-state index in [0.29, 0.717) is 17.7 Å². The van der Waals surface area contributed by atoms with Crippen molar-refractivity contribution in [3.05, 3.63) is 47.5 Å². The van der Waals surface area contributed by atoms with Crippen LogP contribution in [0.3, 0.4) is 0 Å². The van der Waals surface area contributed by atoms with Gasteiger partial charge in [0.15, 0.2) is 0 Å². The number of carbonyl (C=O) groups excluding carboxylic acids is 2. The van der Waals surface area contributed by atoms with Crippen LogP contribution in [-0.2, 0) is 11.3 Å². The summed E-state index contributed by atoms with van der Waals surface area (Å²) < 4.78 is 0. The normalized spacial score (nSPS) is 9.56. The Morgan fingerprint density at radius 3 is 2.31 bits per heavy atom. The smallest absolute Gasteiger partial charge is 0.248 e. The summed E-state index contributed by atoms with van der Waals surface area (Å²) in [6.07, 6.45) is 0. The summed E-state index contributed by atoms with van der Waals surface area (Å²) in [5, 5.41) is 2.69. The standard InChI is InChI=1S/C12H14N2O2/c1-8(2)12(16)14-7-9-3-5-10(6-4-9)11(13)15/h3-6H,1,7H2,2H3,(H2,13,15)(H,14,16). The molecule has 1 aromatic carbocycles. The van der Waals surface area contributed by atoms with Crippen LogP contribution in [0.2, 0.25) is 0 Å². The summed E-state index contributed by atoms with van der Waals surface area (Å²) in [6, 6.07) is 6.76. The number of hydrogen-bond donors (Lipinski definition) is 2. The third-order valence-corrected chi connectivity index (χ3v) is 2.08. The van der Waals surface area contributed by atoms with Crippen LogP contribution >= 0.6 is 0 Å². The van der Waals surface area contributed by atoms with E-state index in [1.165, 1.54) is 0 Å². The molecular formula is C12H14N2O2. The number of rotatable bonds is 4. The zero-order valence-electron chi connectivity index (χ0n) is 9.12. The Balaban J connectivity index is 2.59. The molecule has 4 heteroatoms. The Labute approximate surface area is 94.1 Å². The van der Waals surface area contributed by atoms with Crippen LogP contribution in [0.25, 0.3) is 0 Å². The quantitative estimate of drug-likeness (QED) is 0.739. The fraction of sp³-hybridized carbons (Fsp3) is 0.167. The van der Waals surface area contributed by atoms with E-state index in [1.54, 1.807) is 31.2 Å². The van der Waals surface area contributed by atoms with E-state index in [2.05, 4.69) is 11.9 Å². The molecule has 0 bridgehead atoms. The first kappa shape index (κ1) is 12.0. The molecule has 1 rings (SSSR count). The second kappa shape index (κ2) is 5.11. The zero-order valence-corrected chi connectivity index (χ0v) is 9.12. The molecule has 0 saturated carbocycles. The molecule has 0 heterocycles. The van der Waals surface area contributed by atoms with Crippen molar-refractivity contribution in [2.45, 2.75) is 13.5 Å². The fourth-order valence-corrected chi connectivity index (χ4v) is 1.12. The Morgan fingerprint density at radius 1 is 1.31 bits per heavy atom. The molecule has 0 aliphatic heterocycles. The van der Waals surface area contributed by atoms with Gasteiger partial charge >= 0.3 is 0 Å². The minimum absolute atomic E-state index is 0.182. The predicted molar refractivity (Wildman–Crippen MR) is 61.6 cm³/mol. The molecule has 16 heavy (non-hydrogen) atoms. The molecule has 0 aliphatic rings. The topological polar surface area (TPSA) is 72.2 Å².